The van der Waals surface area contributed by atoms with Crippen LogP contribution in [0.5, 0.6) is 0 Å². The van der Waals surface area contributed by atoms with Crippen molar-refractivity contribution in [3.63, 3.8) is 0 Å². The van der Waals surface area contributed by atoms with Gasteiger partial charge in [-0.25, -0.2) is 16.8 Å². The molecule has 0 bridgehead atoms. The Morgan fingerprint density at radius 3 is 1.00 bits per heavy atom. The number of hydrogen-bond donors (Lipinski definition) is 4. The molecule has 12 heteroatoms. The molecule has 2 fully saturated rings. The second-order valence-electron chi connectivity index (χ2n) is 18.5. The lowest BCUT2D eigenvalue weighted by Crippen LogP contribution is -2.45. The predicted octanol–water partition coefficient (Wildman–Crippen LogP) is 8.84. The third-order valence-corrected chi connectivity index (χ3v) is 16.5. The molecule has 0 aliphatic carbocycles. The van der Waals surface area contributed by atoms with Crippen molar-refractivity contribution in [2.75, 3.05) is 0 Å². The first kappa shape index (κ1) is 46.4. The number of rotatable bonds is 14. The van der Waals surface area contributed by atoms with Crippen LogP contribution >= 0.6 is 0 Å². The van der Waals surface area contributed by atoms with Gasteiger partial charge in [0, 0.05) is 0 Å². The van der Waals surface area contributed by atoms with Crippen LogP contribution in [0.2, 0.25) is 0 Å². The Bertz CT molecular complexity index is 1950. The first-order chi connectivity index (χ1) is 26.9. The summed E-state index contributed by atoms with van der Waals surface area (Å²) in [6.45, 7) is 24.1. The molecule has 0 amide bonds. The maximum absolute atomic E-state index is 15.3. The SMILES string of the molecule is CC(C)c1cc(C(C)C)c(S(=O)(=O)N2[C@@H](c3cccc([C@H]4CC[C@@H](C(O)O)N4S(=O)(=O)c4c(C(C)C)cc(C(C)C)cc4C(C)C)c3)CC[C@H]2C(O)O)c(C(C)C)c1. The first-order valence-electron chi connectivity index (χ1n) is 21.2. The Hall–Kier alpha value is -2.68. The van der Waals surface area contributed by atoms with Gasteiger partial charge in [-0.2, -0.15) is 8.61 Å². The lowest BCUT2D eigenvalue weighted by molar-refractivity contribution is -0.0798. The monoisotopic (exact) mass is 840 g/mol. The zero-order valence-electron chi connectivity index (χ0n) is 36.5. The van der Waals surface area contributed by atoms with E-state index in [0.29, 0.717) is 46.2 Å². The highest BCUT2D eigenvalue weighted by atomic mass is 32.2. The van der Waals surface area contributed by atoms with Crippen LogP contribution in [-0.4, -0.2) is 70.5 Å². The van der Waals surface area contributed by atoms with Gasteiger partial charge < -0.3 is 20.4 Å². The van der Waals surface area contributed by atoms with E-state index in [1.54, 1.807) is 6.07 Å². The van der Waals surface area contributed by atoms with Crippen LogP contribution in [0.15, 0.2) is 58.3 Å². The highest BCUT2D eigenvalue weighted by Crippen LogP contribution is 2.48. The highest BCUT2D eigenvalue weighted by molar-refractivity contribution is 7.89. The Morgan fingerprint density at radius 1 is 0.466 bits per heavy atom. The Balaban J connectivity index is 1.68. The fourth-order valence-corrected chi connectivity index (χ4v) is 14.1. The molecule has 0 saturated carbocycles. The Kier molecular flexibility index (Phi) is 14.2. The number of hydrogen-bond acceptors (Lipinski definition) is 8. The van der Waals surface area contributed by atoms with Crippen molar-refractivity contribution in [2.45, 2.75) is 191 Å². The molecule has 0 unspecified atom stereocenters. The van der Waals surface area contributed by atoms with Crippen molar-refractivity contribution >= 4 is 20.0 Å². The molecule has 2 aliphatic heterocycles. The minimum Gasteiger partial charge on any atom is -0.367 e. The summed E-state index contributed by atoms with van der Waals surface area (Å²) in [6, 6.07) is 11.3. The minimum atomic E-state index is -4.34. The van der Waals surface area contributed by atoms with Crippen LogP contribution in [-0.2, 0) is 20.0 Å². The quantitative estimate of drug-likeness (QED) is 0.117. The van der Waals surface area contributed by atoms with Crippen LogP contribution in [0.3, 0.4) is 0 Å². The summed E-state index contributed by atoms with van der Waals surface area (Å²) in [4.78, 5) is 0.405. The van der Waals surface area contributed by atoms with E-state index in [4.69, 9.17) is 0 Å². The normalized spacial score (nSPS) is 21.5. The molecule has 10 nitrogen and oxygen atoms in total. The maximum Gasteiger partial charge on any atom is 0.244 e. The van der Waals surface area contributed by atoms with Crippen LogP contribution in [0.1, 0.15) is 201 Å². The van der Waals surface area contributed by atoms with Crippen molar-refractivity contribution in [3.8, 4) is 0 Å². The molecular formula is C46H68N2O8S2. The molecule has 0 aromatic heterocycles. The van der Waals surface area contributed by atoms with Crippen LogP contribution in [0.25, 0.3) is 0 Å². The largest absolute Gasteiger partial charge is 0.367 e. The second kappa shape index (κ2) is 17.7. The van der Waals surface area contributed by atoms with E-state index < -0.39 is 56.8 Å². The molecule has 4 atom stereocenters. The molecule has 3 aromatic rings. The van der Waals surface area contributed by atoms with Crippen LogP contribution in [0, 0.1) is 0 Å². The summed E-state index contributed by atoms with van der Waals surface area (Å²) in [7, 11) is -8.68. The summed E-state index contributed by atoms with van der Waals surface area (Å²) in [5.41, 5.74) is 6.00. The lowest BCUT2D eigenvalue weighted by atomic mass is 9.89. The van der Waals surface area contributed by atoms with E-state index in [1.165, 1.54) is 8.61 Å². The molecule has 2 heterocycles. The molecule has 58 heavy (non-hydrogen) atoms. The molecule has 0 spiro atoms. The van der Waals surface area contributed by atoms with E-state index in [0.717, 1.165) is 11.1 Å². The van der Waals surface area contributed by atoms with E-state index in [1.807, 2.05) is 97.9 Å². The van der Waals surface area contributed by atoms with E-state index in [9.17, 15) is 20.4 Å². The third-order valence-electron chi connectivity index (χ3n) is 12.3. The summed E-state index contributed by atoms with van der Waals surface area (Å²) >= 11 is 0. The highest BCUT2D eigenvalue weighted by Gasteiger charge is 2.50. The third kappa shape index (κ3) is 8.73. The summed E-state index contributed by atoms with van der Waals surface area (Å²) in [5, 5.41) is 42.8. The maximum atomic E-state index is 15.3. The summed E-state index contributed by atoms with van der Waals surface area (Å²) in [6.07, 6.45) is -2.84. The minimum absolute atomic E-state index is 0.137. The average molecular weight is 841 g/mol. The van der Waals surface area contributed by atoms with E-state index in [2.05, 4.69) is 27.7 Å². The van der Waals surface area contributed by atoms with E-state index >= 15 is 16.8 Å². The van der Waals surface area contributed by atoms with Crippen molar-refractivity contribution in [1.29, 1.82) is 0 Å². The molecule has 2 aliphatic rings. The molecule has 4 N–H and O–H groups in total. The van der Waals surface area contributed by atoms with Gasteiger partial charge in [0.25, 0.3) is 0 Å². The predicted molar refractivity (Wildman–Crippen MR) is 230 cm³/mol. The van der Waals surface area contributed by atoms with Gasteiger partial charge in [0.15, 0.2) is 12.6 Å². The number of aliphatic hydroxyl groups is 4. The fourth-order valence-electron chi connectivity index (χ4n) is 9.07. The van der Waals surface area contributed by atoms with Crippen LogP contribution in [0.4, 0.5) is 0 Å². The molecule has 3 aromatic carbocycles. The summed E-state index contributed by atoms with van der Waals surface area (Å²) in [5.74, 6) is -0.215. The molecule has 2 saturated heterocycles. The Labute approximate surface area is 348 Å². The van der Waals surface area contributed by atoms with Gasteiger partial charge in [-0.1, -0.05) is 132 Å². The average Bonchev–Trinajstić information content (AvgIpc) is 3.81. The number of benzene rings is 3. The molecule has 5 rings (SSSR count). The fraction of sp³-hybridized carbons (Fsp3) is 0.609. The van der Waals surface area contributed by atoms with Crippen molar-refractivity contribution in [3.05, 3.63) is 93.0 Å². The topological polar surface area (TPSA) is 156 Å². The standard InChI is InChI=1S/C46H68N2O8S2/c1-25(2)33-21-35(27(5)6)43(36(22-33)28(7)8)57(53,54)47-39(16-18-41(47)45(49)50)31-14-13-15-32(20-31)40-17-19-42(46(51)52)48(40)58(55,56)44-37(29(9)10)23-34(26(3)4)24-38(44)30(11)12/h13-15,20-30,39-42,45-46,49-52H,16-19H2,1-12H3/t39-,40-,41+,42+/m1/s1. The van der Waals surface area contributed by atoms with Crippen LogP contribution < -0.4 is 0 Å². The number of sulfonamides is 2. The van der Waals surface area contributed by atoms with Crippen molar-refractivity contribution in [2.24, 2.45) is 0 Å². The smallest absolute Gasteiger partial charge is 0.244 e. The molecule has 322 valence electrons. The second-order valence-corrected chi connectivity index (χ2v) is 22.0. The molecular weight excluding hydrogens is 773 g/mol. The number of nitrogens with zero attached hydrogens (tertiary/aromatic N) is 2. The van der Waals surface area contributed by atoms with Gasteiger partial charge in [0.05, 0.1) is 34.0 Å². The van der Waals surface area contributed by atoms with Gasteiger partial charge in [-0.05, 0) is 106 Å². The van der Waals surface area contributed by atoms with Crippen molar-refractivity contribution < 1.29 is 37.3 Å². The van der Waals surface area contributed by atoms with Gasteiger partial charge >= 0.3 is 0 Å². The number of aliphatic hydroxyl groups excluding tert-OH is 2. The molecule has 0 radical (unpaired) electrons. The van der Waals surface area contributed by atoms with Crippen molar-refractivity contribution in [1.82, 2.24) is 8.61 Å². The van der Waals surface area contributed by atoms with Gasteiger partial charge in [-0.3, -0.25) is 0 Å². The first-order valence-corrected chi connectivity index (χ1v) is 24.1. The lowest BCUT2D eigenvalue weighted by Gasteiger charge is -2.35. The van der Waals surface area contributed by atoms with Gasteiger partial charge in [-0.15, -0.1) is 0 Å². The summed E-state index contributed by atoms with van der Waals surface area (Å²) < 4.78 is 63.6. The zero-order valence-corrected chi connectivity index (χ0v) is 38.1. The van der Waals surface area contributed by atoms with Gasteiger partial charge in [0.2, 0.25) is 20.0 Å². The van der Waals surface area contributed by atoms with Gasteiger partial charge in [0.1, 0.15) is 0 Å². The van der Waals surface area contributed by atoms with E-state index in [-0.39, 0.29) is 58.1 Å². The zero-order chi connectivity index (χ0) is 43.3. The Morgan fingerprint density at radius 2 is 0.759 bits per heavy atom.